The van der Waals surface area contributed by atoms with Gasteiger partial charge >= 0.3 is 0 Å². The summed E-state index contributed by atoms with van der Waals surface area (Å²) in [4.78, 5) is 21.2. The van der Waals surface area contributed by atoms with E-state index in [-0.39, 0.29) is 17.4 Å². The fourth-order valence-corrected chi connectivity index (χ4v) is 2.33. The normalized spacial score (nSPS) is 16.6. The Morgan fingerprint density at radius 1 is 1.45 bits per heavy atom. The zero-order valence-electron chi connectivity index (χ0n) is 12.8. The first-order valence-electron chi connectivity index (χ1n) is 7.38. The molecule has 1 aliphatic rings. The highest BCUT2D eigenvalue weighted by molar-refractivity contribution is 5.98. The summed E-state index contributed by atoms with van der Waals surface area (Å²) < 4.78 is 0. The molecule has 0 unspecified atom stereocenters. The van der Waals surface area contributed by atoms with Gasteiger partial charge in [-0.15, -0.1) is 0 Å². The number of hydrogen-bond donors (Lipinski definition) is 2. The van der Waals surface area contributed by atoms with Crippen molar-refractivity contribution in [2.75, 3.05) is 11.9 Å². The van der Waals surface area contributed by atoms with Gasteiger partial charge in [0.15, 0.2) is 5.69 Å². The van der Waals surface area contributed by atoms with Gasteiger partial charge in [-0.25, -0.2) is 9.97 Å². The number of carbonyl (C=O) groups excluding carboxylic acids is 1. The highest BCUT2D eigenvalue weighted by Crippen LogP contribution is 2.31. The number of nitrogens with one attached hydrogen (secondary N) is 2. The molecule has 0 saturated heterocycles. The Morgan fingerprint density at radius 3 is 2.65 bits per heavy atom. The summed E-state index contributed by atoms with van der Waals surface area (Å²) in [5.74, 6) is 0.805. The third kappa shape index (κ3) is 3.08. The van der Waals surface area contributed by atoms with Crippen LogP contribution < -0.4 is 10.6 Å². The predicted octanol–water partition coefficient (Wildman–Crippen LogP) is 2.70. The number of carbonyl (C=O) groups is 1. The maximum Gasteiger partial charge on any atom is 0.272 e. The van der Waals surface area contributed by atoms with E-state index in [1.807, 2.05) is 20.8 Å². The van der Waals surface area contributed by atoms with Gasteiger partial charge in [0.25, 0.3) is 5.91 Å². The molecular weight excluding hydrogens is 252 g/mol. The molecule has 0 spiro atoms. The second-order valence-electron chi connectivity index (χ2n) is 6.04. The first-order valence-corrected chi connectivity index (χ1v) is 7.38. The Morgan fingerprint density at radius 2 is 2.15 bits per heavy atom. The molecule has 2 N–H and O–H groups in total. The first-order chi connectivity index (χ1) is 9.45. The highest BCUT2D eigenvalue weighted by Gasteiger charge is 2.34. The molecule has 1 aromatic heterocycles. The number of amides is 1. The molecular formula is C15H24N4O. The van der Waals surface area contributed by atoms with E-state index in [1.54, 1.807) is 6.20 Å². The topological polar surface area (TPSA) is 66.9 Å². The van der Waals surface area contributed by atoms with E-state index >= 15 is 0 Å². The molecule has 20 heavy (non-hydrogen) atoms. The van der Waals surface area contributed by atoms with Gasteiger partial charge in [0, 0.05) is 18.0 Å². The fourth-order valence-electron chi connectivity index (χ4n) is 2.33. The van der Waals surface area contributed by atoms with Crippen molar-refractivity contribution < 1.29 is 4.79 Å². The lowest BCUT2D eigenvalue weighted by Gasteiger charge is -2.39. The molecule has 1 amide bonds. The predicted molar refractivity (Wildman–Crippen MR) is 80.0 cm³/mol. The summed E-state index contributed by atoms with van der Waals surface area (Å²) in [5, 5.41) is 6.26. The van der Waals surface area contributed by atoms with Crippen molar-refractivity contribution in [2.45, 2.75) is 58.4 Å². The van der Waals surface area contributed by atoms with Crippen molar-refractivity contribution in [3.8, 4) is 0 Å². The molecule has 110 valence electrons. The highest BCUT2D eigenvalue weighted by atomic mass is 16.2. The largest absolute Gasteiger partial charge is 0.382 e. The van der Waals surface area contributed by atoms with Crippen LogP contribution in [0.3, 0.4) is 0 Å². The van der Waals surface area contributed by atoms with Crippen molar-refractivity contribution >= 4 is 11.6 Å². The quantitative estimate of drug-likeness (QED) is 0.867. The van der Waals surface area contributed by atoms with Crippen LogP contribution in [0.2, 0.25) is 0 Å². The van der Waals surface area contributed by atoms with Gasteiger partial charge in [-0.2, -0.15) is 0 Å². The van der Waals surface area contributed by atoms with Gasteiger partial charge in [0.2, 0.25) is 0 Å². The van der Waals surface area contributed by atoms with E-state index in [1.165, 1.54) is 6.42 Å². The number of aromatic nitrogens is 2. The monoisotopic (exact) mass is 276 g/mol. The summed E-state index contributed by atoms with van der Waals surface area (Å²) in [7, 11) is 0. The van der Waals surface area contributed by atoms with E-state index in [0.29, 0.717) is 17.2 Å². The summed E-state index contributed by atoms with van der Waals surface area (Å²) in [5.41, 5.74) is 1.10. The van der Waals surface area contributed by atoms with Crippen LogP contribution >= 0.6 is 0 Å². The third-order valence-electron chi connectivity index (χ3n) is 3.78. The Labute approximate surface area is 120 Å². The molecule has 1 aromatic rings. The Hall–Kier alpha value is -1.65. The summed E-state index contributed by atoms with van der Waals surface area (Å²) in [6.45, 7) is 8.87. The van der Waals surface area contributed by atoms with Crippen molar-refractivity contribution in [1.82, 2.24) is 15.3 Å². The Kier molecular flexibility index (Phi) is 4.26. The van der Waals surface area contributed by atoms with Crippen LogP contribution in [-0.2, 0) is 0 Å². The fraction of sp³-hybridized carbons (Fsp3) is 0.667. The summed E-state index contributed by atoms with van der Waals surface area (Å²) >= 11 is 0. The van der Waals surface area contributed by atoms with E-state index in [2.05, 4.69) is 27.5 Å². The molecule has 1 heterocycles. The van der Waals surface area contributed by atoms with Crippen LogP contribution in [0.25, 0.3) is 0 Å². The lowest BCUT2D eigenvalue weighted by molar-refractivity contribution is 0.0845. The van der Waals surface area contributed by atoms with Crippen molar-refractivity contribution in [3.05, 3.63) is 17.7 Å². The van der Waals surface area contributed by atoms with Crippen LogP contribution in [0, 0.1) is 0 Å². The SMILES string of the molecule is CCNc1cnc(C(C)C)nc1C(=O)NC1(C)CCC1. The van der Waals surface area contributed by atoms with Crippen LogP contribution in [0.4, 0.5) is 5.69 Å². The molecule has 0 radical (unpaired) electrons. The van der Waals surface area contributed by atoms with Crippen molar-refractivity contribution in [1.29, 1.82) is 0 Å². The van der Waals surface area contributed by atoms with Gasteiger partial charge in [-0.05, 0) is 33.1 Å². The molecule has 1 fully saturated rings. The second-order valence-corrected chi connectivity index (χ2v) is 6.04. The maximum absolute atomic E-state index is 12.5. The average molecular weight is 276 g/mol. The number of anilines is 1. The molecule has 5 heteroatoms. The van der Waals surface area contributed by atoms with E-state index in [9.17, 15) is 4.79 Å². The lowest BCUT2D eigenvalue weighted by Crippen LogP contribution is -2.51. The van der Waals surface area contributed by atoms with Gasteiger partial charge in [0.05, 0.1) is 11.9 Å². The van der Waals surface area contributed by atoms with E-state index < -0.39 is 0 Å². The summed E-state index contributed by atoms with van der Waals surface area (Å²) in [6, 6.07) is 0. The molecule has 0 bridgehead atoms. The number of rotatable bonds is 5. The van der Waals surface area contributed by atoms with E-state index in [4.69, 9.17) is 0 Å². The molecule has 1 saturated carbocycles. The zero-order valence-corrected chi connectivity index (χ0v) is 12.8. The third-order valence-corrected chi connectivity index (χ3v) is 3.78. The first kappa shape index (κ1) is 14.8. The van der Waals surface area contributed by atoms with Crippen molar-refractivity contribution in [3.63, 3.8) is 0 Å². The molecule has 2 rings (SSSR count). The van der Waals surface area contributed by atoms with Crippen LogP contribution in [0.5, 0.6) is 0 Å². The average Bonchev–Trinajstić information content (AvgIpc) is 2.37. The number of nitrogens with zero attached hydrogens (tertiary/aromatic N) is 2. The minimum absolute atomic E-state index is 0.0660. The van der Waals surface area contributed by atoms with Gasteiger partial charge in [-0.3, -0.25) is 4.79 Å². The van der Waals surface area contributed by atoms with Gasteiger partial charge < -0.3 is 10.6 Å². The van der Waals surface area contributed by atoms with Crippen LogP contribution in [-0.4, -0.2) is 28.0 Å². The van der Waals surface area contributed by atoms with Crippen molar-refractivity contribution in [2.24, 2.45) is 0 Å². The molecule has 0 atom stereocenters. The molecule has 1 aliphatic carbocycles. The minimum Gasteiger partial charge on any atom is -0.382 e. The van der Waals surface area contributed by atoms with Crippen LogP contribution in [0.1, 0.15) is 69.2 Å². The van der Waals surface area contributed by atoms with Gasteiger partial charge in [-0.1, -0.05) is 13.8 Å². The van der Waals surface area contributed by atoms with Crippen LogP contribution in [0.15, 0.2) is 6.20 Å². The molecule has 0 aromatic carbocycles. The second kappa shape index (κ2) is 5.77. The van der Waals surface area contributed by atoms with E-state index in [0.717, 1.165) is 19.4 Å². The molecule has 5 nitrogen and oxygen atoms in total. The minimum atomic E-state index is -0.104. The Balaban J connectivity index is 2.26. The number of hydrogen-bond acceptors (Lipinski definition) is 4. The standard InChI is InChI=1S/C15H24N4O/c1-5-16-11-9-17-13(10(2)3)18-12(11)14(20)19-15(4)7-6-8-15/h9-10,16H,5-8H2,1-4H3,(H,19,20). The lowest BCUT2D eigenvalue weighted by atomic mass is 9.78. The summed E-state index contributed by atoms with van der Waals surface area (Å²) in [6.07, 6.45) is 4.97. The van der Waals surface area contributed by atoms with Gasteiger partial charge in [0.1, 0.15) is 5.82 Å². The molecule has 0 aliphatic heterocycles. The smallest absolute Gasteiger partial charge is 0.272 e. The zero-order chi connectivity index (χ0) is 14.8. The Bertz CT molecular complexity index is 495. The maximum atomic E-state index is 12.5.